The zero-order valence-corrected chi connectivity index (χ0v) is 17.6. The summed E-state index contributed by atoms with van der Waals surface area (Å²) in [5.41, 5.74) is 4.02. The van der Waals surface area contributed by atoms with Gasteiger partial charge in [-0.15, -0.1) is 0 Å². The van der Waals surface area contributed by atoms with Crippen LogP contribution in [0.25, 0.3) is 0 Å². The number of benzene rings is 2. The molecule has 2 aromatic rings. The van der Waals surface area contributed by atoms with E-state index < -0.39 is 0 Å². The first-order chi connectivity index (χ1) is 14.1. The van der Waals surface area contributed by atoms with Crippen molar-refractivity contribution in [2.75, 3.05) is 41.4 Å². The van der Waals surface area contributed by atoms with Crippen molar-refractivity contribution in [2.45, 2.75) is 19.9 Å². The Morgan fingerprint density at radius 3 is 2.62 bits per heavy atom. The number of aryl methyl sites for hydroxylation is 1. The summed E-state index contributed by atoms with van der Waals surface area (Å²) in [5, 5.41) is 3.04. The minimum absolute atomic E-state index is 0.00288. The highest BCUT2D eigenvalue weighted by Gasteiger charge is 2.35. The van der Waals surface area contributed by atoms with Gasteiger partial charge in [0.05, 0.1) is 5.92 Å². The molecule has 1 atom stereocenters. The largest absolute Gasteiger partial charge is 0.326 e. The lowest BCUT2D eigenvalue weighted by atomic mass is 10.1. The topological polar surface area (TPSA) is 52.7 Å². The van der Waals surface area contributed by atoms with Gasteiger partial charge in [-0.05, 0) is 36.2 Å². The van der Waals surface area contributed by atoms with Gasteiger partial charge in [0, 0.05) is 55.5 Å². The number of nitrogens with zero attached hydrogens (tertiary/aromatic N) is 2. The van der Waals surface area contributed by atoms with E-state index in [2.05, 4.69) is 22.3 Å². The van der Waals surface area contributed by atoms with E-state index in [0.717, 1.165) is 36.6 Å². The predicted octanol–water partition coefficient (Wildman–Crippen LogP) is 3.54. The smallest absolute Gasteiger partial charge is 0.229 e. The van der Waals surface area contributed by atoms with Gasteiger partial charge in [0.2, 0.25) is 11.8 Å². The lowest BCUT2D eigenvalue weighted by Gasteiger charge is -2.26. The first-order valence-corrected chi connectivity index (χ1v) is 11.3. The Labute approximate surface area is 176 Å². The monoisotopic (exact) mass is 409 g/mol. The molecule has 0 spiro atoms. The van der Waals surface area contributed by atoms with Crippen LogP contribution in [0.15, 0.2) is 48.5 Å². The molecule has 29 heavy (non-hydrogen) atoms. The molecular formula is C23H27N3O2S. The van der Waals surface area contributed by atoms with E-state index in [1.807, 2.05) is 55.1 Å². The van der Waals surface area contributed by atoms with Crippen molar-refractivity contribution in [1.29, 1.82) is 0 Å². The molecule has 2 saturated heterocycles. The zero-order valence-electron chi connectivity index (χ0n) is 16.8. The van der Waals surface area contributed by atoms with Crippen LogP contribution in [0.3, 0.4) is 0 Å². The molecule has 1 N–H and O–H groups in total. The number of hydrogen-bond acceptors (Lipinski definition) is 4. The Balaban J connectivity index is 1.37. The SMILES string of the molecule is Cc1cc(CN2CCSCC2)ccc1NC(=O)C1CC(=O)N(c2ccccc2)C1. The van der Waals surface area contributed by atoms with Crippen molar-refractivity contribution < 1.29 is 9.59 Å². The summed E-state index contributed by atoms with van der Waals surface area (Å²) in [6, 6.07) is 15.8. The van der Waals surface area contributed by atoms with Crippen LogP contribution in [-0.4, -0.2) is 47.9 Å². The fourth-order valence-electron chi connectivity index (χ4n) is 3.96. The third-order valence-electron chi connectivity index (χ3n) is 5.62. The molecule has 2 aliphatic rings. The average molecular weight is 410 g/mol. The number of nitrogens with one attached hydrogen (secondary N) is 1. The van der Waals surface area contributed by atoms with Crippen LogP contribution in [0.1, 0.15) is 17.5 Å². The maximum absolute atomic E-state index is 12.8. The Morgan fingerprint density at radius 2 is 1.90 bits per heavy atom. The van der Waals surface area contributed by atoms with Gasteiger partial charge in [-0.25, -0.2) is 0 Å². The molecule has 2 heterocycles. The van der Waals surface area contributed by atoms with Gasteiger partial charge >= 0.3 is 0 Å². The second-order valence-electron chi connectivity index (χ2n) is 7.77. The summed E-state index contributed by atoms with van der Waals surface area (Å²) in [7, 11) is 0. The first kappa shape index (κ1) is 20.0. The van der Waals surface area contributed by atoms with Crippen molar-refractivity contribution in [3.8, 4) is 0 Å². The van der Waals surface area contributed by atoms with E-state index >= 15 is 0 Å². The third kappa shape index (κ3) is 4.82. The van der Waals surface area contributed by atoms with E-state index in [1.54, 1.807) is 4.90 Å². The molecule has 6 heteroatoms. The van der Waals surface area contributed by atoms with E-state index in [0.29, 0.717) is 6.54 Å². The molecule has 2 amide bonds. The maximum atomic E-state index is 12.8. The number of amides is 2. The lowest BCUT2D eigenvalue weighted by molar-refractivity contribution is -0.122. The molecular weight excluding hydrogens is 382 g/mol. The molecule has 2 fully saturated rings. The maximum Gasteiger partial charge on any atom is 0.229 e. The summed E-state index contributed by atoms with van der Waals surface area (Å²) in [5.74, 6) is 2.00. The summed E-state index contributed by atoms with van der Waals surface area (Å²) in [4.78, 5) is 29.4. The fourth-order valence-corrected chi connectivity index (χ4v) is 4.94. The fraction of sp³-hybridized carbons (Fsp3) is 0.391. The molecule has 0 aliphatic carbocycles. The highest BCUT2D eigenvalue weighted by Crippen LogP contribution is 2.27. The van der Waals surface area contributed by atoms with Crippen LogP contribution < -0.4 is 10.2 Å². The van der Waals surface area contributed by atoms with Crippen molar-refractivity contribution in [3.05, 3.63) is 59.7 Å². The van der Waals surface area contributed by atoms with E-state index in [4.69, 9.17) is 0 Å². The van der Waals surface area contributed by atoms with Crippen LogP contribution >= 0.6 is 11.8 Å². The summed E-state index contributed by atoms with van der Waals surface area (Å²) < 4.78 is 0. The quantitative estimate of drug-likeness (QED) is 0.821. The van der Waals surface area contributed by atoms with Crippen LogP contribution in [0, 0.1) is 12.8 Å². The molecule has 2 aromatic carbocycles. The Morgan fingerprint density at radius 1 is 1.14 bits per heavy atom. The van der Waals surface area contributed by atoms with Gasteiger partial charge in [-0.2, -0.15) is 11.8 Å². The number of para-hydroxylation sites is 1. The molecule has 0 radical (unpaired) electrons. The molecule has 152 valence electrons. The van der Waals surface area contributed by atoms with E-state index in [9.17, 15) is 9.59 Å². The normalized spacial score (nSPS) is 20.1. The zero-order chi connectivity index (χ0) is 20.2. The molecule has 1 unspecified atom stereocenters. The van der Waals surface area contributed by atoms with Gasteiger partial charge in [-0.1, -0.05) is 30.3 Å². The molecule has 2 aliphatic heterocycles. The molecule has 0 bridgehead atoms. The minimum atomic E-state index is -0.326. The van der Waals surface area contributed by atoms with Crippen LogP contribution in [0.5, 0.6) is 0 Å². The molecule has 5 nitrogen and oxygen atoms in total. The van der Waals surface area contributed by atoms with Crippen LogP contribution in [0.2, 0.25) is 0 Å². The summed E-state index contributed by atoms with van der Waals surface area (Å²) >= 11 is 2.02. The average Bonchev–Trinajstić information content (AvgIpc) is 3.13. The third-order valence-corrected chi connectivity index (χ3v) is 6.56. The van der Waals surface area contributed by atoms with Crippen LogP contribution in [-0.2, 0) is 16.1 Å². The van der Waals surface area contributed by atoms with Gasteiger partial charge in [0.15, 0.2) is 0 Å². The lowest BCUT2D eigenvalue weighted by Crippen LogP contribution is -2.32. The Hall–Kier alpha value is -2.31. The Bertz CT molecular complexity index is 881. The van der Waals surface area contributed by atoms with Crippen LogP contribution in [0.4, 0.5) is 11.4 Å². The number of thioether (sulfide) groups is 1. The number of anilines is 2. The van der Waals surface area contributed by atoms with Crippen molar-refractivity contribution in [3.63, 3.8) is 0 Å². The van der Waals surface area contributed by atoms with Gasteiger partial charge in [0.1, 0.15) is 0 Å². The second-order valence-corrected chi connectivity index (χ2v) is 8.99. The molecule has 4 rings (SSSR count). The summed E-state index contributed by atoms with van der Waals surface area (Å²) in [6.45, 7) is 5.68. The standard InChI is InChI=1S/C23H27N3O2S/c1-17-13-18(15-25-9-11-29-12-10-25)7-8-21(17)24-23(28)19-14-22(27)26(16-19)20-5-3-2-4-6-20/h2-8,13,19H,9-12,14-16H2,1H3,(H,24,28). The highest BCUT2D eigenvalue weighted by molar-refractivity contribution is 7.99. The predicted molar refractivity (Wildman–Crippen MR) is 119 cm³/mol. The van der Waals surface area contributed by atoms with Crippen molar-refractivity contribution in [2.24, 2.45) is 5.92 Å². The first-order valence-electron chi connectivity index (χ1n) is 10.2. The van der Waals surface area contributed by atoms with Gasteiger partial charge in [0.25, 0.3) is 0 Å². The van der Waals surface area contributed by atoms with Gasteiger partial charge in [-0.3, -0.25) is 14.5 Å². The van der Waals surface area contributed by atoms with E-state index in [1.165, 1.54) is 17.1 Å². The number of carbonyl (C=O) groups excluding carboxylic acids is 2. The Kier molecular flexibility index (Phi) is 6.21. The number of carbonyl (C=O) groups is 2. The minimum Gasteiger partial charge on any atom is -0.326 e. The summed E-state index contributed by atoms with van der Waals surface area (Å²) in [6.07, 6.45) is 0.255. The highest BCUT2D eigenvalue weighted by atomic mass is 32.2. The van der Waals surface area contributed by atoms with Crippen molar-refractivity contribution >= 4 is 35.0 Å². The molecule has 0 aromatic heterocycles. The number of rotatable bonds is 5. The van der Waals surface area contributed by atoms with E-state index in [-0.39, 0.29) is 24.2 Å². The molecule has 0 saturated carbocycles. The number of hydrogen-bond donors (Lipinski definition) is 1. The van der Waals surface area contributed by atoms with Gasteiger partial charge < -0.3 is 10.2 Å². The second kappa shape index (κ2) is 9.01. The van der Waals surface area contributed by atoms with Crippen molar-refractivity contribution in [1.82, 2.24) is 4.90 Å².